The Balaban J connectivity index is 0.942. The van der Waals surface area contributed by atoms with Gasteiger partial charge in [0.15, 0.2) is 17.9 Å². The van der Waals surface area contributed by atoms with Crippen molar-refractivity contribution in [2.75, 3.05) is 26.3 Å². The molecule has 0 saturated carbocycles. The molecule has 6 atom stereocenters. The number of fused-ring (bicyclic) bond motifs is 1. The van der Waals surface area contributed by atoms with E-state index in [0.29, 0.717) is 49.8 Å². The van der Waals surface area contributed by atoms with Gasteiger partial charge in [-0.15, -0.1) is 0 Å². The standard InChI is InChI=1S/C42H73N9O4/c1-3-4-5-6-8-11-14-20-31-29-32-23-24-35-36(30(2)47-42(48-31)51(32)35)38(52)54-27-17-13-10-7-9-12-15-21-33-37(34-22-19-26-50(34)41(45)49-33)39(53)55-28-18-16-25-46-40(43)44/h30-33,35-36H,3-29H2,1-2H3,(H2,45,49)(H,47,48)(H4,43,44,46)/t30-,31+,32-,33?,35+,36+/m1/s1. The van der Waals surface area contributed by atoms with E-state index in [1.807, 2.05) is 4.90 Å². The predicted octanol–water partition coefficient (Wildman–Crippen LogP) is 6.42. The van der Waals surface area contributed by atoms with E-state index in [9.17, 15) is 9.59 Å². The molecule has 13 nitrogen and oxygen atoms in total. The van der Waals surface area contributed by atoms with Crippen molar-refractivity contribution in [1.29, 1.82) is 10.8 Å². The van der Waals surface area contributed by atoms with Crippen molar-refractivity contribution >= 4 is 29.8 Å². The Morgan fingerprint density at radius 1 is 0.891 bits per heavy atom. The second-order valence-corrected chi connectivity index (χ2v) is 16.7. The Bertz CT molecular complexity index is 1340. The molecule has 0 aromatic rings. The molecule has 0 amide bonds. The van der Waals surface area contributed by atoms with Gasteiger partial charge < -0.3 is 41.0 Å². The minimum atomic E-state index is -0.277. The Hall–Kier alpha value is -3.51. The molecule has 3 fully saturated rings. The molecule has 310 valence electrons. The fourth-order valence-corrected chi connectivity index (χ4v) is 9.55. The number of guanidine groups is 3. The number of unbranched alkanes of at least 4 members (excludes halogenated alkanes) is 13. The zero-order valence-electron chi connectivity index (χ0n) is 34.1. The molecule has 55 heavy (non-hydrogen) atoms. The van der Waals surface area contributed by atoms with Crippen LogP contribution < -0.4 is 21.7 Å². The van der Waals surface area contributed by atoms with Crippen molar-refractivity contribution in [3.63, 3.8) is 0 Å². The van der Waals surface area contributed by atoms with Crippen LogP contribution in [-0.2, 0) is 19.1 Å². The van der Waals surface area contributed by atoms with Crippen LogP contribution in [0.25, 0.3) is 0 Å². The average Bonchev–Trinajstić information content (AvgIpc) is 3.82. The first-order chi connectivity index (χ1) is 26.8. The van der Waals surface area contributed by atoms with Crippen LogP contribution in [0.3, 0.4) is 0 Å². The molecule has 5 heterocycles. The summed E-state index contributed by atoms with van der Waals surface area (Å²) >= 11 is 0. The van der Waals surface area contributed by atoms with Crippen LogP contribution in [0.5, 0.6) is 0 Å². The van der Waals surface area contributed by atoms with E-state index in [-0.39, 0.29) is 41.9 Å². The third-order valence-corrected chi connectivity index (χ3v) is 12.5. The molecule has 5 rings (SSSR count). The first-order valence-corrected chi connectivity index (χ1v) is 22.2. The average molecular weight is 768 g/mol. The topological polar surface area (TPSA) is 181 Å². The Kier molecular flexibility index (Phi) is 17.3. The summed E-state index contributed by atoms with van der Waals surface area (Å²) in [6.07, 6.45) is 25.2. The smallest absolute Gasteiger partial charge is 0.337 e. The van der Waals surface area contributed by atoms with E-state index >= 15 is 0 Å². The molecule has 13 heteroatoms. The summed E-state index contributed by atoms with van der Waals surface area (Å²) in [7, 11) is 0. The zero-order chi connectivity index (χ0) is 39.0. The first-order valence-electron chi connectivity index (χ1n) is 22.2. The van der Waals surface area contributed by atoms with Gasteiger partial charge in [-0.25, -0.2) is 9.79 Å². The van der Waals surface area contributed by atoms with Crippen LogP contribution in [0.1, 0.15) is 162 Å². The van der Waals surface area contributed by atoms with Gasteiger partial charge in [-0.1, -0.05) is 90.4 Å². The third kappa shape index (κ3) is 12.2. The SMILES string of the molecule is CCCCCCCCC[C@H]1C[C@H]2CC[C@H]3[C@@H](C(=O)OCCCCCCCCCC4NC(=N)N5CCCC5=C4C(=O)OCCCCNC(=N)N)[C@@H](C)N=C(N1)N23. The summed E-state index contributed by atoms with van der Waals surface area (Å²) in [4.78, 5) is 36.0. The van der Waals surface area contributed by atoms with Crippen LogP contribution in [0, 0.1) is 16.7 Å². The number of hydrogen-bond acceptors (Lipinski definition) is 9. The molecule has 3 saturated heterocycles. The number of allylic oxidation sites excluding steroid dienone is 1. The molecule has 0 aliphatic carbocycles. The van der Waals surface area contributed by atoms with Crippen LogP contribution in [0.15, 0.2) is 16.3 Å². The van der Waals surface area contributed by atoms with Crippen molar-refractivity contribution < 1.29 is 19.1 Å². The van der Waals surface area contributed by atoms with Crippen molar-refractivity contribution in [3.8, 4) is 0 Å². The number of carbonyl (C=O) groups is 2. The lowest BCUT2D eigenvalue weighted by molar-refractivity contribution is -0.151. The summed E-state index contributed by atoms with van der Waals surface area (Å²) in [5.41, 5.74) is 6.98. The van der Waals surface area contributed by atoms with E-state index < -0.39 is 0 Å². The largest absolute Gasteiger partial charge is 0.465 e. The lowest BCUT2D eigenvalue weighted by atomic mass is 9.89. The molecule has 7 N–H and O–H groups in total. The van der Waals surface area contributed by atoms with Gasteiger partial charge >= 0.3 is 11.9 Å². The van der Waals surface area contributed by atoms with E-state index in [1.54, 1.807) is 0 Å². The molecule has 1 unspecified atom stereocenters. The third-order valence-electron chi connectivity index (χ3n) is 12.5. The van der Waals surface area contributed by atoms with Gasteiger partial charge in [-0.05, 0) is 71.1 Å². The van der Waals surface area contributed by atoms with Crippen LogP contribution >= 0.6 is 0 Å². The Labute approximate surface area is 330 Å². The van der Waals surface area contributed by atoms with Crippen LogP contribution in [0.2, 0.25) is 0 Å². The number of ether oxygens (including phenoxy) is 2. The number of nitrogens with one attached hydrogen (secondary N) is 5. The highest BCUT2D eigenvalue weighted by molar-refractivity contribution is 5.95. The predicted molar refractivity (Wildman–Crippen MR) is 219 cm³/mol. The van der Waals surface area contributed by atoms with Gasteiger partial charge in [0.2, 0.25) is 0 Å². The van der Waals surface area contributed by atoms with E-state index in [0.717, 1.165) is 108 Å². The zero-order valence-corrected chi connectivity index (χ0v) is 34.1. The van der Waals surface area contributed by atoms with E-state index in [2.05, 4.69) is 34.7 Å². The summed E-state index contributed by atoms with van der Waals surface area (Å²) in [5.74, 6) is 0.829. The summed E-state index contributed by atoms with van der Waals surface area (Å²) < 4.78 is 11.6. The van der Waals surface area contributed by atoms with E-state index in [4.69, 9.17) is 31.0 Å². The van der Waals surface area contributed by atoms with Gasteiger partial charge in [0.1, 0.15) is 0 Å². The molecule has 0 aromatic heterocycles. The maximum atomic E-state index is 13.4. The fourth-order valence-electron chi connectivity index (χ4n) is 9.55. The maximum absolute atomic E-state index is 13.4. The number of carbonyl (C=O) groups excluding carboxylic acids is 2. The van der Waals surface area contributed by atoms with E-state index in [1.165, 1.54) is 51.4 Å². The summed E-state index contributed by atoms with van der Waals surface area (Å²) in [6.45, 7) is 6.50. The molecule has 0 aromatic carbocycles. The highest BCUT2D eigenvalue weighted by Crippen LogP contribution is 2.40. The minimum absolute atomic E-state index is 0.0518. The van der Waals surface area contributed by atoms with Gasteiger partial charge in [-0.2, -0.15) is 0 Å². The maximum Gasteiger partial charge on any atom is 0.337 e. The molecule has 5 aliphatic heterocycles. The monoisotopic (exact) mass is 768 g/mol. The molecular weight excluding hydrogens is 695 g/mol. The van der Waals surface area contributed by atoms with Gasteiger partial charge in [0.25, 0.3) is 0 Å². The van der Waals surface area contributed by atoms with Gasteiger partial charge in [-0.3, -0.25) is 15.6 Å². The lowest BCUT2D eigenvalue weighted by Gasteiger charge is -2.46. The quantitative estimate of drug-likeness (QED) is 0.0263. The van der Waals surface area contributed by atoms with Crippen molar-refractivity contribution in [2.45, 2.75) is 192 Å². The normalized spacial score (nSPS) is 25.5. The Morgan fingerprint density at radius 3 is 2.31 bits per heavy atom. The van der Waals surface area contributed by atoms with Crippen molar-refractivity contribution in [3.05, 3.63) is 11.3 Å². The summed E-state index contributed by atoms with van der Waals surface area (Å²) in [6, 6.07) is 0.929. The molecule has 0 radical (unpaired) electrons. The molecule has 0 bridgehead atoms. The minimum Gasteiger partial charge on any atom is -0.465 e. The van der Waals surface area contributed by atoms with Crippen molar-refractivity contribution in [1.82, 2.24) is 25.8 Å². The number of esters is 2. The number of aliphatic imine (C=N–C) groups is 1. The van der Waals surface area contributed by atoms with Crippen molar-refractivity contribution in [2.24, 2.45) is 16.6 Å². The van der Waals surface area contributed by atoms with Crippen LogP contribution in [0.4, 0.5) is 0 Å². The number of hydrogen-bond donors (Lipinski definition) is 6. The Morgan fingerprint density at radius 2 is 1.56 bits per heavy atom. The number of nitrogens with zero attached hydrogens (tertiary/aromatic N) is 3. The summed E-state index contributed by atoms with van der Waals surface area (Å²) in [5, 5.41) is 25.6. The lowest BCUT2D eigenvalue weighted by Crippen LogP contribution is -2.63. The highest BCUT2D eigenvalue weighted by Gasteiger charge is 2.51. The van der Waals surface area contributed by atoms with Gasteiger partial charge in [0, 0.05) is 36.9 Å². The highest BCUT2D eigenvalue weighted by atomic mass is 16.5. The fraction of sp³-hybridized carbons (Fsp3) is 0.833. The number of nitrogens with two attached hydrogens (primary N) is 1. The molecule has 5 aliphatic rings. The molecule has 0 spiro atoms. The second-order valence-electron chi connectivity index (χ2n) is 16.7. The number of rotatable bonds is 25. The molecular formula is C42H73N9O4. The second kappa shape index (κ2) is 22.3. The van der Waals surface area contributed by atoms with Gasteiger partial charge in [0.05, 0.1) is 36.8 Å². The first kappa shape index (κ1) is 42.6. The van der Waals surface area contributed by atoms with Crippen LogP contribution in [-0.4, -0.2) is 96.1 Å².